The van der Waals surface area contributed by atoms with E-state index in [9.17, 15) is 14.4 Å². The van der Waals surface area contributed by atoms with E-state index in [2.05, 4.69) is 20.9 Å². The highest BCUT2D eigenvalue weighted by atomic mass is 16.2. The van der Waals surface area contributed by atoms with Crippen molar-refractivity contribution in [2.45, 2.75) is 45.2 Å². The van der Waals surface area contributed by atoms with Gasteiger partial charge in [0.05, 0.1) is 0 Å². The van der Waals surface area contributed by atoms with Gasteiger partial charge in [-0.2, -0.15) is 0 Å². The summed E-state index contributed by atoms with van der Waals surface area (Å²) in [5, 5.41) is 8.10. The molecule has 7 N–H and O–H groups in total. The molecule has 0 saturated heterocycles. The molecule has 0 fully saturated rings. The van der Waals surface area contributed by atoms with Crippen LogP contribution in [0.5, 0.6) is 0 Å². The fourth-order valence-electron chi connectivity index (χ4n) is 2.65. The monoisotopic (exact) mass is 390 g/mol. The summed E-state index contributed by atoms with van der Waals surface area (Å²) >= 11 is 0. The first kappa shape index (κ1) is 22.9. The van der Waals surface area contributed by atoms with Crippen molar-refractivity contribution in [1.82, 2.24) is 16.0 Å². The van der Waals surface area contributed by atoms with Crippen LogP contribution in [0.25, 0.3) is 0 Å². The number of rotatable bonds is 11. The third kappa shape index (κ3) is 9.02. The lowest BCUT2D eigenvalue weighted by molar-refractivity contribution is -0.131. The molecule has 0 saturated carbocycles. The Bertz CT molecular complexity index is 674. The SMILES string of the molecule is CCNC(=O)[C@H](Cc1ccccc1)NC(=O)[C@H](CCCN=C(N)N)NC(C)=O. The number of likely N-dealkylation sites (N-methyl/N-ethyl adjacent to an activating group) is 1. The maximum atomic E-state index is 12.7. The zero-order valence-corrected chi connectivity index (χ0v) is 16.4. The molecule has 0 aromatic heterocycles. The first-order valence-electron chi connectivity index (χ1n) is 9.28. The van der Waals surface area contributed by atoms with Gasteiger partial charge in [-0.1, -0.05) is 30.3 Å². The molecule has 0 unspecified atom stereocenters. The van der Waals surface area contributed by atoms with Crippen molar-refractivity contribution in [3.8, 4) is 0 Å². The van der Waals surface area contributed by atoms with Gasteiger partial charge >= 0.3 is 0 Å². The summed E-state index contributed by atoms with van der Waals surface area (Å²) in [6, 6.07) is 7.87. The molecule has 0 aliphatic rings. The Morgan fingerprint density at radius 2 is 1.71 bits per heavy atom. The van der Waals surface area contributed by atoms with Gasteiger partial charge in [-0.05, 0) is 25.3 Å². The third-order valence-electron chi connectivity index (χ3n) is 3.91. The minimum absolute atomic E-state index is 0.0281. The molecule has 0 bridgehead atoms. The lowest BCUT2D eigenvalue weighted by Gasteiger charge is -2.23. The number of hydrogen-bond acceptors (Lipinski definition) is 4. The molecule has 1 rings (SSSR count). The number of guanidine groups is 1. The number of aliphatic imine (C=N–C) groups is 1. The molecule has 1 aromatic rings. The van der Waals surface area contributed by atoms with Crippen molar-refractivity contribution >= 4 is 23.7 Å². The topological polar surface area (TPSA) is 152 Å². The lowest BCUT2D eigenvalue weighted by atomic mass is 10.0. The second-order valence-electron chi connectivity index (χ2n) is 6.35. The number of nitrogens with one attached hydrogen (secondary N) is 3. The van der Waals surface area contributed by atoms with Crippen molar-refractivity contribution in [2.24, 2.45) is 16.5 Å². The highest BCUT2D eigenvalue weighted by Crippen LogP contribution is 2.06. The number of carbonyl (C=O) groups excluding carboxylic acids is 3. The summed E-state index contributed by atoms with van der Waals surface area (Å²) in [7, 11) is 0. The second-order valence-corrected chi connectivity index (χ2v) is 6.35. The van der Waals surface area contributed by atoms with Crippen LogP contribution in [0.15, 0.2) is 35.3 Å². The molecule has 154 valence electrons. The van der Waals surface area contributed by atoms with Crippen LogP contribution < -0.4 is 27.4 Å². The number of carbonyl (C=O) groups is 3. The molecule has 1 aromatic carbocycles. The van der Waals surface area contributed by atoms with E-state index < -0.39 is 18.0 Å². The van der Waals surface area contributed by atoms with Crippen molar-refractivity contribution in [3.63, 3.8) is 0 Å². The van der Waals surface area contributed by atoms with Crippen LogP contribution in [0.2, 0.25) is 0 Å². The Labute approximate surface area is 165 Å². The Hall–Kier alpha value is -3.10. The molecular weight excluding hydrogens is 360 g/mol. The average molecular weight is 390 g/mol. The largest absolute Gasteiger partial charge is 0.370 e. The van der Waals surface area contributed by atoms with Gasteiger partial charge in [0.15, 0.2) is 5.96 Å². The predicted octanol–water partition coefficient (Wildman–Crippen LogP) is -0.592. The first-order chi connectivity index (χ1) is 13.3. The Morgan fingerprint density at radius 3 is 2.29 bits per heavy atom. The highest BCUT2D eigenvalue weighted by Gasteiger charge is 2.26. The molecule has 0 aliphatic carbocycles. The molecular formula is C19H30N6O3. The van der Waals surface area contributed by atoms with Gasteiger partial charge in [0.2, 0.25) is 17.7 Å². The number of amides is 3. The van der Waals surface area contributed by atoms with Gasteiger partial charge < -0.3 is 27.4 Å². The third-order valence-corrected chi connectivity index (χ3v) is 3.91. The summed E-state index contributed by atoms with van der Waals surface area (Å²) in [5.41, 5.74) is 11.5. The minimum atomic E-state index is -0.778. The summed E-state index contributed by atoms with van der Waals surface area (Å²) in [4.78, 5) is 40.5. The molecule has 0 radical (unpaired) electrons. The Morgan fingerprint density at radius 1 is 1.04 bits per heavy atom. The van der Waals surface area contributed by atoms with Crippen molar-refractivity contribution in [2.75, 3.05) is 13.1 Å². The zero-order chi connectivity index (χ0) is 20.9. The molecule has 0 aliphatic heterocycles. The van der Waals surface area contributed by atoms with Crippen LogP contribution in [0.4, 0.5) is 0 Å². The maximum absolute atomic E-state index is 12.7. The van der Waals surface area contributed by atoms with Crippen LogP contribution in [0.1, 0.15) is 32.3 Å². The van der Waals surface area contributed by atoms with E-state index in [1.807, 2.05) is 37.3 Å². The molecule has 0 spiro atoms. The summed E-state index contributed by atoms with van der Waals surface area (Å²) in [5.74, 6) is -1.06. The number of nitrogens with zero attached hydrogens (tertiary/aromatic N) is 1. The molecule has 9 nitrogen and oxygen atoms in total. The number of nitrogens with two attached hydrogens (primary N) is 2. The minimum Gasteiger partial charge on any atom is -0.370 e. The normalized spacial score (nSPS) is 12.4. The Balaban J connectivity index is 2.82. The van der Waals surface area contributed by atoms with Crippen LogP contribution in [0.3, 0.4) is 0 Å². The molecule has 0 heterocycles. The van der Waals surface area contributed by atoms with Crippen molar-refractivity contribution in [1.29, 1.82) is 0 Å². The van der Waals surface area contributed by atoms with Crippen molar-refractivity contribution in [3.05, 3.63) is 35.9 Å². The zero-order valence-electron chi connectivity index (χ0n) is 16.4. The van der Waals surface area contributed by atoms with Crippen LogP contribution in [-0.2, 0) is 20.8 Å². The van der Waals surface area contributed by atoms with Gasteiger partial charge in [0.25, 0.3) is 0 Å². The summed E-state index contributed by atoms with van der Waals surface area (Å²) in [6.07, 6.45) is 1.19. The van der Waals surface area contributed by atoms with E-state index in [1.54, 1.807) is 0 Å². The summed E-state index contributed by atoms with van der Waals surface area (Å²) in [6.45, 7) is 3.94. The van der Waals surface area contributed by atoms with E-state index in [0.29, 0.717) is 32.4 Å². The van der Waals surface area contributed by atoms with Gasteiger partial charge in [-0.15, -0.1) is 0 Å². The van der Waals surface area contributed by atoms with Crippen molar-refractivity contribution < 1.29 is 14.4 Å². The van der Waals surface area contributed by atoms with E-state index >= 15 is 0 Å². The standard InChI is InChI=1S/C19H30N6O3/c1-3-22-17(27)16(12-14-8-5-4-6-9-14)25-18(28)15(24-13(2)26)10-7-11-23-19(20)21/h4-6,8-9,15-16H,3,7,10-12H2,1-2H3,(H,22,27)(H,24,26)(H,25,28)(H4,20,21,23)/t15-,16-/m0/s1. The predicted molar refractivity (Wildman–Crippen MR) is 108 cm³/mol. The van der Waals surface area contributed by atoms with Crippen LogP contribution in [-0.4, -0.2) is 48.9 Å². The molecule has 9 heteroatoms. The molecule has 28 heavy (non-hydrogen) atoms. The summed E-state index contributed by atoms with van der Waals surface area (Å²) < 4.78 is 0. The average Bonchev–Trinajstić information content (AvgIpc) is 2.64. The Kier molecular flexibility index (Phi) is 10.1. The van der Waals surface area contributed by atoms with Gasteiger partial charge in [-0.25, -0.2) is 0 Å². The first-order valence-corrected chi connectivity index (χ1v) is 9.28. The van der Waals surface area contributed by atoms with E-state index in [1.165, 1.54) is 6.92 Å². The van der Waals surface area contributed by atoms with E-state index in [-0.39, 0.29) is 17.8 Å². The fraction of sp³-hybridized carbons (Fsp3) is 0.474. The maximum Gasteiger partial charge on any atom is 0.243 e. The van der Waals surface area contributed by atoms with Crippen LogP contribution >= 0.6 is 0 Å². The lowest BCUT2D eigenvalue weighted by Crippen LogP contribution is -2.54. The highest BCUT2D eigenvalue weighted by molar-refractivity contribution is 5.91. The van der Waals surface area contributed by atoms with Gasteiger partial charge in [0.1, 0.15) is 12.1 Å². The second kappa shape index (κ2) is 12.3. The fourth-order valence-corrected chi connectivity index (χ4v) is 2.65. The quantitative estimate of drug-likeness (QED) is 0.194. The molecule has 2 atom stereocenters. The number of hydrogen-bond donors (Lipinski definition) is 5. The number of benzene rings is 1. The van der Waals surface area contributed by atoms with Gasteiger partial charge in [0, 0.05) is 26.4 Å². The molecule has 3 amide bonds. The van der Waals surface area contributed by atoms with E-state index in [0.717, 1.165) is 5.56 Å². The smallest absolute Gasteiger partial charge is 0.243 e. The van der Waals surface area contributed by atoms with E-state index in [4.69, 9.17) is 11.5 Å². The van der Waals surface area contributed by atoms with Crippen LogP contribution in [0, 0.1) is 0 Å². The van der Waals surface area contributed by atoms with Gasteiger partial charge in [-0.3, -0.25) is 19.4 Å².